The fourth-order valence-corrected chi connectivity index (χ4v) is 2.03. The van der Waals surface area contributed by atoms with Gasteiger partial charge in [-0.2, -0.15) is 0 Å². The minimum Gasteiger partial charge on any atom is -0.504 e. The highest BCUT2D eigenvalue weighted by Crippen LogP contribution is 2.34. The first-order valence-electron chi connectivity index (χ1n) is 5.00. The van der Waals surface area contributed by atoms with Crippen LogP contribution in [-0.4, -0.2) is 16.8 Å². The minimum atomic E-state index is -0.0223. The Hall–Kier alpha value is -1.22. The van der Waals surface area contributed by atoms with Gasteiger partial charge in [0, 0.05) is 6.04 Å². The molecule has 14 heavy (non-hydrogen) atoms. The van der Waals surface area contributed by atoms with Crippen LogP contribution in [0.5, 0.6) is 11.5 Å². The molecule has 0 aliphatic carbocycles. The standard InChI is InChI=1S/C11H15NO2/c1-2-9-8-6-11(14)10(13)5-7(8)3-4-12-9/h5-6,9,12-14H,2-4H2,1H3/t9-/m1/s1. The number of phenols is 2. The average Bonchev–Trinajstić information content (AvgIpc) is 2.19. The molecule has 0 saturated heterocycles. The number of hydrogen-bond donors (Lipinski definition) is 3. The Balaban J connectivity index is 2.47. The molecule has 0 aromatic heterocycles. The van der Waals surface area contributed by atoms with E-state index in [0.29, 0.717) is 6.04 Å². The molecule has 3 N–H and O–H groups in total. The molecule has 2 rings (SSSR count). The van der Waals surface area contributed by atoms with Crippen LogP contribution in [0.3, 0.4) is 0 Å². The van der Waals surface area contributed by atoms with Crippen LogP contribution >= 0.6 is 0 Å². The van der Waals surface area contributed by atoms with E-state index in [2.05, 4.69) is 12.2 Å². The van der Waals surface area contributed by atoms with Gasteiger partial charge in [0.2, 0.25) is 0 Å². The van der Waals surface area contributed by atoms with E-state index in [4.69, 9.17) is 0 Å². The maximum Gasteiger partial charge on any atom is 0.157 e. The Labute approximate surface area is 83.4 Å². The first-order valence-corrected chi connectivity index (χ1v) is 5.00. The molecule has 3 nitrogen and oxygen atoms in total. The van der Waals surface area contributed by atoms with E-state index in [1.54, 1.807) is 12.1 Å². The first-order chi connectivity index (χ1) is 6.72. The van der Waals surface area contributed by atoms with Crippen molar-refractivity contribution in [3.63, 3.8) is 0 Å². The summed E-state index contributed by atoms with van der Waals surface area (Å²) in [5.41, 5.74) is 2.26. The number of benzene rings is 1. The number of hydrogen-bond acceptors (Lipinski definition) is 3. The summed E-state index contributed by atoms with van der Waals surface area (Å²) in [5, 5.41) is 22.2. The average molecular weight is 193 g/mol. The maximum absolute atomic E-state index is 9.41. The molecular weight excluding hydrogens is 178 g/mol. The van der Waals surface area contributed by atoms with Gasteiger partial charge in [-0.25, -0.2) is 0 Å². The lowest BCUT2D eigenvalue weighted by Gasteiger charge is -2.26. The fraction of sp³-hybridized carbons (Fsp3) is 0.455. The smallest absolute Gasteiger partial charge is 0.157 e. The van der Waals surface area contributed by atoms with Gasteiger partial charge < -0.3 is 15.5 Å². The predicted molar refractivity (Wildman–Crippen MR) is 54.5 cm³/mol. The van der Waals surface area contributed by atoms with Gasteiger partial charge in [0.05, 0.1) is 0 Å². The minimum absolute atomic E-state index is 0.0134. The summed E-state index contributed by atoms with van der Waals surface area (Å²) in [7, 11) is 0. The maximum atomic E-state index is 9.41. The molecule has 0 unspecified atom stereocenters. The van der Waals surface area contributed by atoms with Crippen molar-refractivity contribution in [1.29, 1.82) is 0 Å². The largest absolute Gasteiger partial charge is 0.504 e. The number of nitrogens with one attached hydrogen (secondary N) is 1. The second-order valence-electron chi connectivity index (χ2n) is 3.70. The van der Waals surface area contributed by atoms with Crippen molar-refractivity contribution in [2.45, 2.75) is 25.8 Å². The Kier molecular flexibility index (Phi) is 2.33. The molecule has 3 heteroatoms. The summed E-state index contributed by atoms with van der Waals surface area (Å²) in [5.74, 6) is -0.0357. The van der Waals surface area contributed by atoms with Crippen molar-refractivity contribution in [3.8, 4) is 11.5 Å². The zero-order valence-electron chi connectivity index (χ0n) is 8.25. The number of phenolic OH excluding ortho intramolecular Hbond substituents is 2. The second kappa shape index (κ2) is 3.50. The molecule has 0 amide bonds. The van der Waals surface area contributed by atoms with E-state index >= 15 is 0 Å². The summed E-state index contributed by atoms with van der Waals surface area (Å²) >= 11 is 0. The lowest BCUT2D eigenvalue weighted by Crippen LogP contribution is -2.29. The van der Waals surface area contributed by atoms with Crippen LogP contribution in [0.15, 0.2) is 12.1 Å². The molecule has 1 atom stereocenters. The molecule has 0 fully saturated rings. The van der Waals surface area contributed by atoms with Gasteiger partial charge in [-0.15, -0.1) is 0 Å². The molecular formula is C11H15NO2. The van der Waals surface area contributed by atoms with E-state index in [1.165, 1.54) is 0 Å². The van der Waals surface area contributed by atoms with Crippen LogP contribution < -0.4 is 5.32 Å². The summed E-state index contributed by atoms with van der Waals surface area (Å²) in [4.78, 5) is 0. The van der Waals surface area contributed by atoms with Gasteiger partial charge in [-0.3, -0.25) is 0 Å². The quantitative estimate of drug-likeness (QED) is 0.595. The third-order valence-electron chi connectivity index (χ3n) is 2.81. The van der Waals surface area contributed by atoms with Crippen LogP contribution in [0.2, 0.25) is 0 Å². The molecule has 1 heterocycles. The number of aromatic hydroxyl groups is 2. The van der Waals surface area contributed by atoms with Gasteiger partial charge in [-0.1, -0.05) is 6.92 Å². The van der Waals surface area contributed by atoms with Crippen LogP contribution in [0.1, 0.15) is 30.5 Å². The summed E-state index contributed by atoms with van der Waals surface area (Å²) in [6.45, 7) is 3.05. The van der Waals surface area contributed by atoms with E-state index in [9.17, 15) is 10.2 Å². The molecule has 76 valence electrons. The third kappa shape index (κ3) is 1.44. The molecule has 1 aromatic rings. The molecule has 0 bridgehead atoms. The molecule has 1 aliphatic rings. The van der Waals surface area contributed by atoms with E-state index in [1.807, 2.05) is 0 Å². The normalized spacial score (nSPS) is 20.5. The lowest BCUT2D eigenvalue weighted by atomic mass is 9.92. The predicted octanol–water partition coefficient (Wildman–Crippen LogP) is 1.69. The van der Waals surface area contributed by atoms with Crippen molar-refractivity contribution in [2.24, 2.45) is 0 Å². The summed E-state index contributed by atoms with van der Waals surface area (Å²) in [6, 6.07) is 3.66. The third-order valence-corrected chi connectivity index (χ3v) is 2.81. The van der Waals surface area contributed by atoms with Crippen molar-refractivity contribution >= 4 is 0 Å². The Morgan fingerprint density at radius 1 is 1.36 bits per heavy atom. The zero-order valence-corrected chi connectivity index (χ0v) is 8.25. The van der Waals surface area contributed by atoms with Crippen LogP contribution in [0.4, 0.5) is 0 Å². The van der Waals surface area contributed by atoms with Crippen LogP contribution in [-0.2, 0) is 6.42 Å². The van der Waals surface area contributed by atoms with Crippen molar-refractivity contribution in [3.05, 3.63) is 23.3 Å². The topological polar surface area (TPSA) is 52.5 Å². The number of rotatable bonds is 1. The number of fused-ring (bicyclic) bond motifs is 1. The Morgan fingerprint density at radius 2 is 2.07 bits per heavy atom. The van der Waals surface area contributed by atoms with Gasteiger partial charge in [-0.05, 0) is 42.6 Å². The van der Waals surface area contributed by atoms with Crippen LogP contribution in [0, 0.1) is 0 Å². The van der Waals surface area contributed by atoms with Crippen molar-refractivity contribution < 1.29 is 10.2 Å². The second-order valence-corrected chi connectivity index (χ2v) is 3.70. The van der Waals surface area contributed by atoms with E-state index in [0.717, 1.165) is 30.5 Å². The lowest BCUT2D eigenvalue weighted by molar-refractivity contribution is 0.398. The highest BCUT2D eigenvalue weighted by atomic mass is 16.3. The molecule has 1 aromatic carbocycles. The summed E-state index contributed by atoms with van der Waals surface area (Å²) in [6.07, 6.45) is 1.91. The van der Waals surface area contributed by atoms with E-state index < -0.39 is 0 Å². The molecule has 0 radical (unpaired) electrons. The van der Waals surface area contributed by atoms with Crippen molar-refractivity contribution in [2.75, 3.05) is 6.54 Å². The van der Waals surface area contributed by atoms with E-state index in [-0.39, 0.29) is 11.5 Å². The molecule has 1 aliphatic heterocycles. The highest BCUT2D eigenvalue weighted by molar-refractivity contribution is 5.47. The summed E-state index contributed by atoms with van der Waals surface area (Å²) < 4.78 is 0. The van der Waals surface area contributed by atoms with Crippen LogP contribution in [0.25, 0.3) is 0 Å². The molecule has 0 spiro atoms. The van der Waals surface area contributed by atoms with Gasteiger partial charge >= 0.3 is 0 Å². The van der Waals surface area contributed by atoms with Gasteiger partial charge in [0.1, 0.15) is 0 Å². The first kappa shape index (κ1) is 9.34. The SMILES string of the molecule is CC[C@H]1NCCc2cc(O)c(O)cc21. The monoisotopic (exact) mass is 193 g/mol. The van der Waals surface area contributed by atoms with Crippen molar-refractivity contribution in [1.82, 2.24) is 5.32 Å². The van der Waals surface area contributed by atoms with Gasteiger partial charge in [0.15, 0.2) is 11.5 Å². The fourth-order valence-electron chi connectivity index (χ4n) is 2.03. The zero-order chi connectivity index (χ0) is 10.1. The van der Waals surface area contributed by atoms with Gasteiger partial charge in [0.25, 0.3) is 0 Å². The Morgan fingerprint density at radius 3 is 2.79 bits per heavy atom. The Bertz CT molecular complexity index is 349. The highest BCUT2D eigenvalue weighted by Gasteiger charge is 2.19. The molecule has 0 saturated carbocycles.